The number of benzene rings is 1. The molecule has 472 valence electrons. The number of aldehydes is 2. The predicted molar refractivity (Wildman–Crippen MR) is 356 cm³/mol. The Morgan fingerprint density at radius 1 is 0.580 bits per heavy atom. The third kappa shape index (κ3) is 22.9. The van der Waals surface area contributed by atoms with Crippen LogP contribution in [0, 0.1) is 6.92 Å². The van der Waals surface area contributed by atoms with Crippen molar-refractivity contribution in [2.75, 3.05) is 55.9 Å². The Morgan fingerprint density at radius 2 is 1.08 bits per heavy atom. The molecule has 88 heavy (non-hydrogen) atoms. The fraction of sp³-hybridized carbons (Fsp3) is 0.268. The van der Waals surface area contributed by atoms with E-state index in [1.54, 1.807) is 77.8 Å². The minimum atomic E-state index is -0.759. The van der Waals surface area contributed by atoms with Crippen LogP contribution in [0.25, 0.3) is 0 Å². The highest BCUT2D eigenvalue weighted by Crippen LogP contribution is 2.37. The van der Waals surface area contributed by atoms with E-state index in [1.165, 1.54) is 39.0 Å². The van der Waals surface area contributed by atoms with Gasteiger partial charge >= 0.3 is 11.9 Å². The molecule has 8 rings (SSSR count). The van der Waals surface area contributed by atoms with Crippen molar-refractivity contribution in [3.63, 3.8) is 0 Å². The van der Waals surface area contributed by atoms with Gasteiger partial charge in [0, 0.05) is 107 Å². The largest absolute Gasteiger partial charge is 0.497 e. The molecule has 0 fully saturated rings. The molecule has 0 N–H and O–H groups in total. The molecule has 0 saturated carbocycles. The highest BCUT2D eigenvalue weighted by Gasteiger charge is 2.33. The first kappa shape index (κ1) is 78.2. The Labute approximate surface area is 587 Å². The molecule has 20 nitrogen and oxygen atoms in total. The lowest BCUT2D eigenvalue weighted by molar-refractivity contribution is -0.107. The lowest BCUT2D eigenvalue weighted by Gasteiger charge is -2.18. The third-order valence-electron chi connectivity index (χ3n) is 11.0. The zero-order valence-electron chi connectivity index (χ0n) is 47.5. The van der Waals surface area contributed by atoms with E-state index in [0.717, 1.165) is 26.9 Å². The maximum absolute atomic E-state index is 12.6. The van der Waals surface area contributed by atoms with Crippen LogP contribution in [-0.4, -0.2) is 121 Å². The molecule has 0 saturated heterocycles. The van der Waals surface area contributed by atoms with Gasteiger partial charge in [0.1, 0.15) is 39.1 Å². The summed E-state index contributed by atoms with van der Waals surface area (Å²) in [5.41, 5.74) is 5.26. The van der Waals surface area contributed by atoms with Gasteiger partial charge in [-0.25, -0.2) is 39.5 Å². The zero-order valence-corrected chi connectivity index (χ0v) is 61.6. The number of aromatic nitrogens is 6. The number of carbonyl (C=O) groups is 5. The summed E-state index contributed by atoms with van der Waals surface area (Å²) in [6, 6.07) is 10.7. The minimum absolute atomic E-state index is 0.0374. The normalized spacial score (nSPS) is 11.0. The summed E-state index contributed by atoms with van der Waals surface area (Å²) in [4.78, 5) is 82.5. The number of fused-ring (bicyclic) bond motifs is 1. The number of halogens is 12. The summed E-state index contributed by atoms with van der Waals surface area (Å²) >= 11 is 54.2. The number of hydrogen-bond donors (Lipinski definition) is 0. The average molecular weight is 1720 g/mol. The first-order chi connectivity index (χ1) is 41.8. The summed E-state index contributed by atoms with van der Waals surface area (Å²) in [6.45, 7) is 6.67. The van der Waals surface area contributed by atoms with Crippen LogP contribution in [0.1, 0.15) is 106 Å². The van der Waals surface area contributed by atoms with Crippen molar-refractivity contribution in [2.45, 2.75) is 46.4 Å². The molecule has 7 heterocycles. The van der Waals surface area contributed by atoms with E-state index >= 15 is 0 Å². The fourth-order valence-corrected chi connectivity index (χ4v) is 10.5. The van der Waals surface area contributed by atoms with E-state index in [0.29, 0.717) is 92.4 Å². The van der Waals surface area contributed by atoms with Crippen molar-refractivity contribution in [3.05, 3.63) is 187 Å². The van der Waals surface area contributed by atoms with Gasteiger partial charge in [0.05, 0.1) is 85.4 Å². The van der Waals surface area contributed by atoms with Gasteiger partial charge in [0.2, 0.25) is 0 Å². The Balaban J connectivity index is 0.000000284. The van der Waals surface area contributed by atoms with Crippen molar-refractivity contribution in [2.24, 2.45) is 0 Å². The van der Waals surface area contributed by atoms with Crippen LogP contribution < -0.4 is 9.47 Å². The molecule has 0 bridgehead atoms. The van der Waals surface area contributed by atoms with Crippen LogP contribution in [0.2, 0.25) is 30.1 Å². The van der Waals surface area contributed by atoms with E-state index in [-0.39, 0.29) is 50.5 Å². The number of esters is 2. The Morgan fingerprint density at radius 3 is 1.58 bits per heavy atom. The summed E-state index contributed by atoms with van der Waals surface area (Å²) in [5.74, 6) is 0.103. The van der Waals surface area contributed by atoms with E-state index in [9.17, 15) is 24.0 Å². The number of nitrogens with zero attached hydrogens (tertiary/aromatic N) is 7. The number of methoxy groups -OCH3 is 6. The van der Waals surface area contributed by atoms with Crippen molar-refractivity contribution in [1.29, 1.82) is 0 Å². The quantitative estimate of drug-likeness (QED) is 0.0378. The standard InChI is InChI=1S/C16H14BrClN2O3.C11H13BrClNO4.C9H7BrClNO3.C8H9BrClNO2.C6H3BrClNO.C6H5BrClN/c1-22-10-4-3-9(13(5-10)23-2)7-20-8-11-14(16(20)21)12(18)6-19-15(11)17;1-4-18-10(15)7-6(13)5-14-9(12)8(7)11(16-2)17-3;1-2-15-9(14)7-5(4-13)8(10)12-3-6(7)11;1-12-8(13-2)6-3-5(10)4-11-7(6)9;7-6-4(3-10)1-5(8)2-9-6;1-4-2-5(8)3-9-6(4)7/h3-6H,7-8H2,1-2H3;5,11H,4H2,1-3H3;3-4H,2H2,1H3;3-4,8H,1-2H3;1-3H;2-3H,1H3. The maximum atomic E-state index is 12.6. The lowest BCUT2D eigenvalue weighted by atomic mass is 10.1. The summed E-state index contributed by atoms with van der Waals surface area (Å²) in [7, 11) is 9.22. The first-order valence-corrected chi connectivity index (χ1v) is 31.6. The molecule has 1 aromatic carbocycles. The SMILES string of the molecule is CCOC(=O)c1c(Cl)cnc(Br)c1C(OC)OC.CCOC(=O)c1c(Cl)cnc(Br)c1C=O.COC(OC)c1cc(Cl)cnc1Br.COc1ccc(CN2Cc3c(Br)ncc(Cl)c3C2=O)c(OC)c1.Cc1cc(Cl)cnc1Br.O=Cc1cc(Cl)cnc1Br. The Bertz CT molecular complexity index is 3550. The van der Waals surface area contributed by atoms with Crippen molar-refractivity contribution >= 4 is 196 Å². The van der Waals surface area contributed by atoms with Gasteiger partial charge in [-0.15, -0.1) is 0 Å². The summed E-state index contributed by atoms with van der Waals surface area (Å²) < 4.78 is 44.1. The van der Waals surface area contributed by atoms with E-state index in [2.05, 4.69) is 125 Å². The first-order valence-electron chi connectivity index (χ1n) is 24.6. The van der Waals surface area contributed by atoms with Gasteiger partial charge in [-0.3, -0.25) is 14.4 Å². The zero-order chi connectivity index (χ0) is 65.9. The van der Waals surface area contributed by atoms with E-state index in [1.807, 2.05) is 25.1 Å². The number of hydrogen-bond acceptors (Lipinski definition) is 19. The van der Waals surface area contributed by atoms with E-state index in [4.69, 9.17) is 108 Å². The predicted octanol–water partition coefficient (Wildman–Crippen LogP) is 17.0. The lowest BCUT2D eigenvalue weighted by Crippen LogP contribution is -2.23. The van der Waals surface area contributed by atoms with Crippen LogP contribution >= 0.6 is 165 Å². The number of ether oxygens (including phenoxy) is 8. The molecule has 0 radical (unpaired) electrons. The fourth-order valence-electron chi connectivity index (χ4n) is 7.05. The van der Waals surface area contributed by atoms with Crippen molar-refractivity contribution < 1.29 is 61.9 Å². The highest BCUT2D eigenvalue weighted by molar-refractivity contribution is 9.11. The van der Waals surface area contributed by atoms with Crippen LogP contribution in [0.15, 0.2) is 101 Å². The summed E-state index contributed by atoms with van der Waals surface area (Å²) in [5, 5.41) is 2.35. The third-order valence-corrected chi connectivity index (χ3v) is 16.6. The molecule has 0 unspecified atom stereocenters. The topological polar surface area (TPSA) is 240 Å². The maximum Gasteiger partial charge on any atom is 0.340 e. The van der Waals surface area contributed by atoms with Crippen LogP contribution in [0.4, 0.5) is 0 Å². The van der Waals surface area contributed by atoms with Gasteiger partial charge in [-0.05, 0) is 152 Å². The molecule has 7 aromatic rings. The number of rotatable bonds is 16. The number of aryl methyl sites for hydroxylation is 1. The molecule has 0 aliphatic carbocycles. The van der Waals surface area contributed by atoms with E-state index < -0.39 is 24.5 Å². The number of carbonyl (C=O) groups excluding carboxylic acids is 5. The summed E-state index contributed by atoms with van der Waals surface area (Å²) in [6.07, 6.45) is 8.77. The number of amides is 1. The average Bonchev–Trinajstić information content (AvgIpc) is 1.96. The molecule has 0 spiro atoms. The van der Waals surface area contributed by atoms with Gasteiger partial charge in [-0.1, -0.05) is 69.6 Å². The molecular formula is C56H51Br6Cl6N7O13. The highest BCUT2D eigenvalue weighted by atomic mass is 79.9. The van der Waals surface area contributed by atoms with Crippen LogP contribution in [0.3, 0.4) is 0 Å². The Kier molecular flexibility index (Phi) is 35.6. The smallest absolute Gasteiger partial charge is 0.340 e. The Hall–Kier alpha value is -4.07. The number of pyridine rings is 6. The van der Waals surface area contributed by atoms with Gasteiger partial charge in [0.25, 0.3) is 5.91 Å². The van der Waals surface area contributed by atoms with Gasteiger partial charge in [0.15, 0.2) is 25.2 Å². The minimum Gasteiger partial charge on any atom is -0.497 e. The molecular weight excluding hydrogens is 1670 g/mol. The monoisotopic (exact) mass is 1710 g/mol. The van der Waals surface area contributed by atoms with Gasteiger partial charge in [-0.2, -0.15) is 0 Å². The molecule has 0 atom stereocenters. The molecule has 32 heteroatoms. The van der Waals surface area contributed by atoms with Gasteiger partial charge < -0.3 is 42.8 Å². The van der Waals surface area contributed by atoms with Crippen LogP contribution in [-0.2, 0) is 41.5 Å². The molecule has 1 aliphatic rings. The second-order valence-electron chi connectivity index (χ2n) is 16.6. The van der Waals surface area contributed by atoms with Crippen molar-refractivity contribution in [3.8, 4) is 11.5 Å². The van der Waals surface area contributed by atoms with Crippen molar-refractivity contribution in [1.82, 2.24) is 34.8 Å². The molecule has 6 aromatic heterocycles. The van der Waals surface area contributed by atoms with Crippen LogP contribution in [0.5, 0.6) is 11.5 Å². The molecule has 1 amide bonds. The second kappa shape index (κ2) is 40.0. The second-order valence-corrected chi connectivity index (χ2v) is 23.6. The molecule has 1 aliphatic heterocycles.